The Hall–Kier alpha value is -3.86. The molecule has 0 spiro atoms. The van der Waals surface area contributed by atoms with E-state index >= 15 is 0 Å². The van der Waals surface area contributed by atoms with Gasteiger partial charge in [-0.3, -0.25) is 14.5 Å². The number of carbonyl (C=O) groups excluding carboxylic acids is 2. The van der Waals surface area contributed by atoms with Gasteiger partial charge in [-0.2, -0.15) is 0 Å². The fourth-order valence-electron chi connectivity index (χ4n) is 4.99. The Morgan fingerprint density at radius 1 is 1.15 bits per heavy atom. The smallest absolute Gasteiger partial charge is 0.301 e. The zero-order valence-corrected chi connectivity index (χ0v) is 24.4. The monoisotopic (exact) mass is 605 g/mol. The molecule has 11 heteroatoms. The van der Waals surface area contributed by atoms with Gasteiger partial charge in [0.15, 0.2) is 4.34 Å². The van der Waals surface area contributed by atoms with E-state index < -0.39 is 17.7 Å². The zero-order valence-electron chi connectivity index (χ0n) is 22.0. The number of thioether (sulfide) groups is 1. The van der Waals surface area contributed by atoms with Gasteiger partial charge in [0, 0.05) is 22.8 Å². The number of benzene rings is 3. The molecule has 0 radical (unpaired) electrons. The predicted octanol–water partition coefficient (Wildman–Crippen LogP) is 6.44. The average molecular weight is 606 g/mol. The first-order valence-corrected chi connectivity index (χ1v) is 15.0. The highest BCUT2D eigenvalue weighted by Gasteiger charge is 2.48. The molecule has 6 rings (SSSR count). The normalized spacial score (nSPS) is 19.3. The summed E-state index contributed by atoms with van der Waals surface area (Å²) < 4.78 is 11.8. The van der Waals surface area contributed by atoms with Crippen LogP contribution < -0.4 is 14.4 Å². The van der Waals surface area contributed by atoms with Gasteiger partial charge in [-0.15, -0.1) is 10.2 Å². The standard InChI is InChI=1S/C30H24ClN3O5S2/c1-16-12-20-13-18(10-11-23(20)39-16)26(35)24-25(17-7-5-8-21(14-17)38-2)34(28(37)27(24)36)29-32-33-30(41-29)40-15-19-6-3-4-9-22(19)31/h3-11,13-14,16,25,35H,12,15H2,1-2H3/b26-24+. The summed E-state index contributed by atoms with van der Waals surface area (Å²) in [5.74, 6) is -0.0109. The highest BCUT2D eigenvalue weighted by atomic mass is 35.5. The Morgan fingerprint density at radius 2 is 1.98 bits per heavy atom. The van der Waals surface area contributed by atoms with Gasteiger partial charge in [0.25, 0.3) is 5.78 Å². The second-order valence-corrected chi connectivity index (χ2v) is 12.2. The molecule has 2 aliphatic heterocycles. The molecule has 2 unspecified atom stereocenters. The fraction of sp³-hybridized carbons (Fsp3) is 0.200. The topological polar surface area (TPSA) is 102 Å². The minimum absolute atomic E-state index is 0.0205. The van der Waals surface area contributed by atoms with Crippen LogP contribution >= 0.6 is 34.7 Å². The molecule has 0 bridgehead atoms. The third-order valence-electron chi connectivity index (χ3n) is 6.93. The average Bonchev–Trinajstić information content (AvgIpc) is 3.67. The van der Waals surface area contributed by atoms with Crippen LogP contribution in [0, 0.1) is 0 Å². The van der Waals surface area contributed by atoms with Crippen molar-refractivity contribution >= 4 is 57.3 Å². The summed E-state index contributed by atoms with van der Waals surface area (Å²) in [6.07, 6.45) is 0.705. The molecule has 2 aliphatic rings. The highest BCUT2D eigenvalue weighted by molar-refractivity contribution is 8.00. The lowest BCUT2D eigenvalue weighted by atomic mass is 9.94. The Kier molecular flexibility index (Phi) is 7.46. The van der Waals surface area contributed by atoms with E-state index in [-0.39, 0.29) is 22.6 Å². The molecule has 0 saturated carbocycles. The van der Waals surface area contributed by atoms with Gasteiger partial charge in [-0.1, -0.05) is 65.0 Å². The van der Waals surface area contributed by atoms with E-state index in [1.54, 1.807) is 42.5 Å². The number of fused-ring (bicyclic) bond motifs is 1. The third kappa shape index (κ3) is 5.18. The molecule has 1 amide bonds. The van der Waals surface area contributed by atoms with Crippen molar-refractivity contribution in [3.8, 4) is 11.5 Å². The number of ketones is 1. The van der Waals surface area contributed by atoms with E-state index in [9.17, 15) is 14.7 Å². The van der Waals surface area contributed by atoms with E-state index in [4.69, 9.17) is 21.1 Å². The van der Waals surface area contributed by atoms with Crippen LogP contribution in [0.5, 0.6) is 11.5 Å². The van der Waals surface area contributed by atoms with Gasteiger partial charge in [0.05, 0.1) is 18.7 Å². The third-order valence-corrected chi connectivity index (χ3v) is 9.41. The maximum atomic E-state index is 13.6. The van der Waals surface area contributed by atoms with Gasteiger partial charge in [0.2, 0.25) is 5.13 Å². The molecular formula is C30H24ClN3O5S2. The number of aliphatic hydroxyl groups excluding tert-OH is 1. The number of Topliss-reactive ketones (excluding diaryl/α,β-unsaturated/α-hetero) is 1. The molecular weight excluding hydrogens is 582 g/mol. The van der Waals surface area contributed by atoms with Crippen LogP contribution in [-0.2, 0) is 21.8 Å². The van der Waals surface area contributed by atoms with Crippen molar-refractivity contribution in [1.82, 2.24) is 10.2 Å². The summed E-state index contributed by atoms with van der Waals surface area (Å²) >= 11 is 8.92. The molecule has 1 N–H and O–H groups in total. The van der Waals surface area contributed by atoms with Crippen LogP contribution in [0.4, 0.5) is 5.13 Å². The maximum absolute atomic E-state index is 13.6. The molecule has 1 aromatic heterocycles. The number of anilines is 1. The number of halogens is 1. The van der Waals surface area contributed by atoms with Crippen molar-refractivity contribution < 1.29 is 24.2 Å². The van der Waals surface area contributed by atoms with Crippen molar-refractivity contribution in [2.45, 2.75) is 35.6 Å². The number of hydrogen-bond donors (Lipinski definition) is 1. The van der Waals surface area contributed by atoms with Crippen LogP contribution in [0.1, 0.15) is 35.2 Å². The van der Waals surface area contributed by atoms with Gasteiger partial charge in [0.1, 0.15) is 23.4 Å². The molecule has 8 nitrogen and oxygen atoms in total. The zero-order chi connectivity index (χ0) is 28.7. The van der Waals surface area contributed by atoms with Gasteiger partial charge < -0.3 is 14.6 Å². The van der Waals surface area contributed by atoms with Gasteiger partial charge in [-0.25, -0.2) is 0 Å². The Morgan fingerprint density at radius 3 is 2.78 bits per heavy atom. The van der Waals surface area contributed by atoms with Crippen molar-refractivity contribution in [2.75, 3.05) is 12.0 Å². The highest BCUT2D eigenvalue weighted by Crippen LogP contribution is 2.45. The number of hydrogen-bond acceptors (Lipinski definition) is 9. The van der Waals surface area contributed by atoms with Crippen molar-refractivity contribution in [3.05, 3.63) is 99.6 Å². The minimum atomic E-state index is -0.942. The SMILES string of the molecule is COc1cccc(C2/C(=C(\O)c3ccc4c(c3)CC(C)O4)C(=O)C(=O)N2c2nnc(SCc3ccccc3Cl)s2)c1. The number of aliphatic hydroxyl groups is 1. The Labute approximate surface area is 249 Å². The molecule has 0 aliphatic carbocycles. The van der Waals surface area contributed by atoms with Crippen molar-refractivity contribution in [1.29, 1.82) is 0 Å². The minimum Gasteiger partial charge on any atom is -0.507 e. The van der Waals surface area contributed by atoms with E-state index in [1.807, 2.05) is 31.2 Å². The molecule has 4 aromatic rings. The summed E-state index contributed by atoms with van der Waals surface area (Å²) in [6, 6.07) is 18.9. The van der Waals surface area contributed by atoms with E-state index in [1.165, 1.54) is 35.1 Å². The summed E-state index contributed by atoms with van der Waals surface area (Å²) in [4.78, 5) is 28.4. The summed E-state index contributed by atoms with van der Waals surface area (Å²) in [5.41, 5.74) is 2.86. The number of nitrogens with zero attached hydrogens (tertiary/aromatic N) is 3. The Bertz CT molecular complexity index is 1700. The van der Waals surface area contributed by atoms with Crippen LogP contribution in [0.25, 0.3) is 5.76 Å². The molecule has 3 aromatic carbocycles. The molecule has 1 saturated heterocycles. The Balaban J connectivity index is 1.40. The summed E-state index contributed by atoms with van der Waals surface area (Å²) in [5, 5.41) is 21.0. The molecule has 3 heterocycles. The van der Waals surface area contributed by atoms with Crippen LogP contribution in [-0.4, -0.2) is 40.2 Å². The van der Waals surface area contributed by atoms with Crippen molar-refractivity contribution in [2.24, 2.45) is 0 Å². The van der Waals surface area contributed by atoms with Crippen LogP contribution in [0.15, 0.2) is 76.6 Å². The lowest BCUT2D eigenvalue weighted by Crippen LogP contribution is -2.29. The maximum Gasteiger partial charge on any atom is 0.301 e. The number of rotatable bonds is 7. The largest absolute Gasteiger partial charge is 0.507 e. The van der Waals surface area contributed by atoms with E-state index in [2.05, 4.69) is 10.2 Å². The number of aromatic nitrogens is 2. The number of ether oxygens (including phenoxy) is 2. The van der Waals surface area contributed by atoms with Gasteiger partial charge >= 0.3 is 5.91 Å². The fourth-order valence-corrected chi connectivity index (χ4v) is 7.15. The number of amides is 1. The summed E-state index contributed by atoms with van der Waals surface area (Å²) in [7, 11) is 1.54. The van der Waals surface area contributed by atoms with Crippen LogP contribution in [0.2, 0.25) is 5.02 Å². The second kappa shape index (κ2) is 11.2. The van der Waals surface area contributed by atoms with E-state index in [0.717, 1.165) is 16.9 Å². The molecule has 41 heavy (non-hydrogen) atoms. The lowest BCUT2D eigenvalue weighted by Gasteiger charge is -2.23. The molecule has 208 valence electrons. The number of methoxy groups -OCH3 is 1. The second-order valence-electron chi connectivity index (χ2n) is 9.63. The summed E-state index contributed by atoms with van der Waals surface area (Å²) in [6.45, 7) is 1.97. The lowest BCUT2D eigenvalue weighted by molar-refractivity contribution is -0.132. The first-order valence-electron chi connectivity index (χ1n) is 12.8. The molecule has 1 fully saturated rings. The first kappa shape index (κ1) is 27.3. The quantitative estimate of drug-likeness (QED) is 0.0844. The number of carbonyl (C=O) groups is 2. The van der Waals surface area contributed by atoms with Gasteiger partial charge in [-0.05, 0) is 60.0 Å². The van der Waals surface area contributed by atoms with E-state index in [0.29, 0.717) is 38.4 Å². The first-order chi connectivity index (χ1) is 19.8. The molecule has 2 atom stereocenters. The predicted molar refractivity (Wildman–Crippen MR) is 159 cm³/mol. The van der Waals surface area contributed by atoms with Crippen molar-refractivity contribution in [3.63, 3.8) is 0 Å². The van der Waals surface area contributed by atoms with Crippen LogP contribution in [0.3, 0.4) is 0 Å².